The molecule has 0 radical (unpaired) electrons. The van der Waals surface area contributed by atoms with Crippen molar-refractivity contribution in [3.63, 3.8) is 0 Å². The number of methoxy groups -OCH3 is 1. The molecule has 1 spiro atoms. The van der Waals surface area contributed by atoms with Gasteiger partial charge in [-0.3, -0.25) is 0 Å². The molecular weight excluding hydrogens is 406 g/mol. The van der Waals surface area contributed by atoms with Crippen molar-refractivity contribution in [3.05, 3.63) is 58.6 Å². The van der Waals surface area contributed by atoms with Crippen LogP contribution in [-0.4, -0.2) is 21.3 Å². The topological polar surface area (TPSA) is 43.4 Å². The summed E-state index contributed by atoms with van der Waals surface area (Å²) in [5.74, 6) is -2.82. The number of benzene rings is 2. The lowest BCUT2D eigenvalue weighted by Gasteiger charge is -2.11. The molecule has 0 unspecified atom stereocenters. The third-order valence-corrected chi connectivity index (χ3v) is 7.38. The van der Waals surface area contributed by atoms with Crippen LogP contribution in [0.2, 0.25) is 5.02 Å². The van der Waals surface area contributed by atoms with Crippen molar-refractivity contribution in [1.29, 1.82) is 0 Å². The molecule has 1 saturated carbocycles. The van der Waals surface area contributed by atoms with E-state index in [1.165, 1.54) is 17.7 Å². The van der Waals surface area contributed by atoms with Gasteiger partial charge in [-0.25, -0.2) is 8.42 Å². The van der Waals surface area contributed by atoms with Crippen LogP contribution in [0.15, 0.2) is 47.4 Å². The first-order valence-electron chi connectivity index (χ1n) is 8.94. The van der Waals surface area contributed by atoms with Crippen LogP contribution in [0.4, 0.5) is 8.78 Å². The van der Waals surface area contributed by atoms with Crippen molar-refractivity contribution >= 4 is 32.6 Å². The highest BCUT2D eigenvalue weighted by Crippen LogP contribution is 2.63. The molecule has 2 aromatic carbocycles. The summed E-state index contributed by atoms with van der Waals surface area (Å²) >= 11 is 6.30. The van der Waals surface area contributed by atoms with Gasteiger partial charge in [0, 0.05) is 0 Å². The number of sulfone groups is 1. The van der Waals surface area contributed by atoms with E-state index in [0.29, 0.717) is 10.8 Å². The van der Waals surface area contributed by atoms with Crippen molar-refractivity contribution in [3.8, 4) is 5.75 Å². The maximum absolute atomic E-state index is 12.8. The molecule has 0 amide bonds. The summed E-state index contributed by atoms with van der Waals surface area (Å²) in [4.78, 5) is -0.361. The second-order valence-electron chi connectivity index (χ2n) is 7.49. The van der Waals surface area contributed by atoms with Gasteiger partial charge in [0.25, 0.3) is 0 Å². The van der Waals surface area contributed by atoms with E-state index in [1.54, 1.807) is 19.2 Å². The molecule has 0 aliphatic heterocycles. The van der Waals surface area contributed by atoms with Crippen LogP contribution in [0.25, 0.3) is 11.1 Å². The fourth-order valence-electron chi connectivity index (χ4n) is 3.91. The fourth-order valence-corrected chi connectivity index (χ4v) is 4.89. The van der Waals surface area contributed by atoms with E-state index >= 15 is 0 Å². The predicted molar refractivity (Wildman–Crippen MR) is 105 cm³/mol. The second kappa shape index (κ2) is 6.85. The van der Waals surface area contributed by atoms with E-state index in [9.17, 15) is 17.2 Å². The minimum absolute atomic E-state index is 0.269. The fraction of sp³-hybridized carbons (Fsp3) is 0.333. The van der Waals surface area contributed by atoms with Crippen LogP contribution in [0, 0.1) is 5.41 Å². The Hall–Kier alpha value is -1.92. The third kappa shape index (κ3) is 3.33. The number of hydrogen-bond acceptors (Lipinski definition) is 3. The van der Waals surface area contributed by atoms with Crippen LogP contribution in [0.5, 0.6) is 5.75 Å². The highest BCUT2D eigenvalue weighted by atomic mass is 35.5. The molecule has 0 N–H and O–H groups in total. The molecule has 0 saturated heterocycles. The van der Waals surface area contributed by atoms with Crippen molar-refractivity contribution in [2.45, 2.75) is 36.3 Å². The SMILES string of the molecule is COc1ccc(C2=C(c3ccc(S(=O)(=O)C(F)F)cc3)CC3(CC3)C2)cc1Cl. The maximum Gasteiger partial charge on any atom is 0.341 e. The van der Waals surface area contributed by atoms with Gasteiger partial charge in [-0.05, 0) is 77.6 Å². The Labute approximate surface area is 167 Å². The van der Waals surface area contributed by atoms with Crippen molar-refractivity contribution < 1.29 is 21.9 Å². The number of rotatable bonds is 5. The highest BCUT2D eigenvalue weighted by Gasteiger charge is 2.48. The van der Waals surface area contributed by atoms with Crippen LogP contribution in [-0.2, 0) is 9.84 Å². The zero-order valence-corrected chi connectivity index (χ0v) is 16.8. The normalized spacial score (nSPS) is 18.2. The number of allylic oxidation sites excluding steroid dienone is 2. The Bertz CT molecular complexity index is 1060. The van der Waals surface area contributed by atoms with Gasteiger partial charge in [-0.2, -0.15) is 8.78 Å². The van der Waals surface area contributed by atoms with Gasteiger partial charge >= 0.3 is 5.76 Å². The summed E-state index contributed by atoms with van der Waals surface area (Å²) in [5, 5.41) is 0.530. The Morgan fingerprint density at radius 3 is 2.07 bits per heavy atom. The lowest BCUT2D eigenvalue weighted by Crippen LogP contribution is -2.11. The molecule has 4 rings (SSSR count). The van der Waals surface area contributed by atoms with Crippen molar-refractivity contribution in [2.24, 2.45) is 5.41 Å². The summed E-state index contributed by atoms with van der Waals surface area (Å²) in [7, 11) is -3.02. The molecule has 0 atom stereocenters. The predicted octanol–water partition coefficient (Wildman–Crippen LogP) is 5.83. The van der Waals surface area contributed by atoms with E-state index in [4.69, 9.17) is 16.3 Å². The van der Waals surface area contributed by atoms with E-state index in [0.717, 1.165) is 42.4 Å². The Morgan fingerprint density at radius 2 is 1.57 bits per heavy atom. The van der Waals surface area contributed by atoms with Crippen molar-refractivity contribution in [1.82, 2.24) is 0 Å². The van der Waals surface area contributed by atoms with Gasteiger partial charge in [0.1, 0.15) is 5.75 Å². The molecule has 7 heteroatoms. The van der Waals surface area contributed by atoms with E-state index < -0.39 is 15.6 Å². The highest BCUT2D eigenvalue weighted by molar-refractivity contribution is 7.91. The number of halogens is 3. The first kappa shape index (κ1) is 19.4. The lowest BCUT2D eigenvalue weighted by atomic mass is 9.97. The lowest BCUT2D eigenvalue weighted by molar-refractivity contribution is 0.234. The summed E-state index contributed by atoms with van der Waals surface area (Å²) in [5.41, 5.74) is 4.43. The van der Waals surface area contributed by atoms with E-state index in [-0.39, 0.29) is 10.3 Å². The summed E-state index contributed by atoms with van der Waals surface area (Å²) in [6.45, 7) is 0. The number of ether oxygens (including phenoxy) is 1. The molecule has 28 heavy (non-hydrogen) atoms. The Balaban J connectivity index is 1.75. The Morgan fingerprint density at radius 1 is 1.00 bits per heavy atom. The average Bonchev–Trinajstić information content (AvgIpc) is 3.32. The molecule has 0 bridgehead atoms. The van der Waals surface area contributed by atoms with Crippen LogP contribution < -0.4 is 4.74 Å². The molecular formula is C21H19ClF2O3S. The van der Waals surface area contributed by atoms with Crippen LogP contribution in [0.1, 0.15) is 36.8 Å². The number of alkyl halides is 2. The molecule has 2 aromatic rings. The average molecular weight is 425 g/mol. The zero-order valence-electron chi connectivity index (χ0n) is 15.2. The van der Waals surface area contributed by atoms with Gasteiger partial charge in [0.2, 0.25) is 9.84 Å². The summed E-state index contributed by atoms with van der Waals surface area (Å²) in [6.07, 6.45) is 4.14. The summed E-state index contributed by atoms with van der Waals surface area (Å²) < 4.78 is 54.1. The minimum atomic E-state index is -4.59. The monoisotopic (exact) mass is 424 g/mol. The van der Waals surface area contributed by atoms with Crippen molar-refractivity contribution in [2.75, 3.05) is 7.11 Å². The summed E-state index contributed by atoms with van der Waals surface area (Å²) in [6, 6.07) is 11.5. The standard InChI is InChI=1S/C21H19ClF2O3S/c1-27-19-7-4-14(10-18(19)22)17-12-21(8-9-21)11-16(17)13-2-5-15(6-3-13)28(25,26)20(23)24/h2-7,10,20H,8-9,11-12H2,1H3. The van der Waals surface area contributed by atoms with Gasteiger partial charge in [0.05, 0.1) is 17.0 Å². The van der Waals surface area contributed by atoms with Crippen LogP contribution in [0.3, 0.4) is 0 Å². The van der Waals surface area contributed by atoms with Gasteiger partial charge in [-0.15, -0.1) is 0 Å². The zero-order chi connectivity index (χ0) is 20.1. The van der Waals surface area contributed by atoms with Gasteiger partial charge in [0.15, 0.2) is 0 Å². The van der Waals surface area contributed by atoms with Gasteiger partial charge in [-0.1, -0.05) is 29.8 Å². The molecule has 0 aromatic heterocycles. The molecule has 148 valence electrons. The van der Waals surface area contributed by atoms with Gasteiger partial charge < -0.3 is 4.74 Å². The van der Waals surface area contributed by atoms with E-state index in [1.807, 2.05) is 18.2 Å². The first-order valence-corrected chi connectivity index (χ1v) is 10.9. The second-order valence-corrected chi connectivity index (χ2v) is 9.81. The largest absolute Gasteiger partial charge is 0.495 e. The van der Waals surface area contributed by atoms with Crippen LogP contribution >= 0.6 is 11.6 Å². The molecule has 1 fully saturated rings. The Kier molecular flexibility index (Phi) is 4.74. The molecule has 2 aliphatic rings. The number of hydrogen-bond donors (Lipinski definition) is 0. The quantitative estimate of drug-likeness (QED) is 0.606. The smallest absolute Gasteiger partial charge is 0.341 e. The third-order valence-electron chi connectivity index (χ3n) is 5.69. The maximum atomic E-state index is 12.8. The minimum Gasteiger partial charge on any atom is -0.495 e. The first-order chi connectivity index (χ1) is 13.3. The molecule has 3 nitrogen and oxygen atoms in total. The molecule has 2 aliphatic carbocycles. The van der Waals surface area contributed by atoms with E-state index in [2.05, 4.69) is 0 Å². The molecule has 0 heterocycles.